The lowest BCUT2D eigenvalue weighted by Crippen LogP contribution is -1.94. The third kappa shape index (κ3) is 1.15. The van der Waals surface area contributed by atoms with Crippen LogP contribution >= 0.6 is 11.8 Å². The molecule has 0 saturated heterocycles. The van der Waals surface area contributed by atoms with Gasteiger partial charge in [0.2, 0.25) is 0 Å². The number of rotatable bonds is 2. The number of nitrogens with zero attached hydrogens (tertiary/aromatic N) is 5. The maximum absolute atomic E-state index is 4.47. The second-order valence-electron chi connectivity index (χ2n) is 3.38. The molecule has 0 atom stereocenters. The van der Waals surface area contributed by atoms with Gasteiger partial charge in [0.05, 0.1) is 5.39 Å². The molecule has 0 radical (unpaired) electrons. The van der Waals surface area contributed by atoms with Gasteiger partial charge in [0.1, 0.15) is 6.33 Å². The average molecular weight is 234 g/mol. The molecule has 1 N–H and O–H groups in total. The quantitative estimate of drug-likeness (QED) is 0.534. The second kappa shape index (κ2) is 3.44. The third-order valence-electron chi connectivity index (χ3n) is 2.54. The Morgan fingerprint density at radius 2 is 2.38 bits per heavy atom. The van der Waals surface area contributed by atoms with Crippen molar-refractivity contribution in [2.75, 3.05) is 6.26 Å². The topological polar surface area (TPSA) is 71.8 Å². The largest absolute Gasteiger partial charge is 0.280 e. The molecule has 0 aliphatic heterocycles. The van der Waals surface area contributed by atoms with Crippen molar-refractivity contribution in [1.82, 2.24) is 29.8 Å². The Hall–Kier alpha value is -1.63. The number of fused-ring (bicyclic) bond motifs is 3. The Morgan fingerprint density at radius 1 is 1.50 bits per heavy atom. The van der Waals surface area contributed by atoms with Gasteiger partial charge in [-0.3, -0.25) is 9.50 Å². The molecule has 16 heavy (non-hydrogen) atoms. The van der Waals surface area contributed by atoms with Crippen LogP contribution in [0.3, 0.4) is 0 Å². The summed E-state index contributed by atoms with van der Waals surface area (Å²) in [7, 11) is 0. The van der Waals surface area contributed by atoms with E-state index >= 15 is 0 Å². The lowest BCUT2D eigenvalue weighted by molar-refractivity contribution is 0.912. The number of aromatic nitrogens is 6. The van der Waals surface area contributed by atoms with Crippen LogP contribution < -0.4 is 0 Å². The number of thioether (sulfide) groups is 1. The molecule has 3 rings (SSSR count). The van der Waals surface area contributed by atoms with Gasteiger partial charge in [-0.05, 0) is 12.7 Å². The van der Waals surface area contributed by atoms with Gasteiger partial charge in [0, 0.05) is 5.69 Å². The lowest BCUT2D eigenvalue weighted by atomic mass is 10.2. The van der Waals surface area contributed by atoms with Crippen LogP contribution in [0.1, 0.15) is 12.6 Å². The number of aryl methyl sites for hydroxylation is 1. The molecule has 3 aromatic rings. The molecule has 0 spiro atoms. The van der Waals surface area contributed by atoms with Gasteiger partial charge in [0.15, 0.2) is 16.5 Å². The van der Waals surface area contributed by atoms with E-state index in [1.165, 1.54) is 0 Å². The molecule has 3 aromatic heterocycles. The van der Waals surface area contributed by atoms with Crippen LogP contribution in [0.25, 0.3) is 16.7 Å². The van der Waals surface area contributed by atoms with Gasteiger partial charge >= 0.3 is 0 Å². The van der Waals surface area contributed by atoms with Gasteiger partial charge in [-0.1, -0.05) is 18.7 Å². The van der Waals surface area contributed by atoms with Crippen molar-refractivity contribution in [2.24, 2.45) is 0 Å². The van der Waals surface area contributed by atoms with E-state index in [9.17, 15) is 0 Å². The molecule has 0 aliphatic carbocycles. The summed E-state index contributed by atoms with van der Waals surface area (Å²) in [5.74, 6) is 0. The molecular formula is C9H10N6S. The van der Waals surface area contributed by atoms with Crippen molar-refractivity contribution < 1.29 is 0 Å². The first kappa shape index (κ1) is 9.59. The van der Waals surface area contributed by atoms with Crippen molar-refractivity contribution >= 4 is 28.4 Å². The van der Waals surface area contributed by atoms with Crippen LogP contribution in [0, 0.1) is 0 Å². The maximum atomic E-state index is 4.47. The van der Waals surface area contributed by atoms with Crippen molar-refractivity contribution in [2.45, 2.75) is 18.5 Å². The molecule has 0 unspecified atom stereocenters. The van der Waals surface area contributed by atoms with E-state index in [2.05, 4.69) is 32.3 Å². The van der Waals surface area contributed by atoms with Gasteiger partial charge in [-0.15, -0.1) is 10.2 Å². The summed E-state index contributed by atoms with van der Waals surface area (Å²) in [6.07, 6.45) is 4.53. The number of H-pyrrole nitrogens is 1. The minimum Gasteiger partial charge on any atom is -0.280 e. The van der Waals surface area contributed by atoms with Crippen molar-refractivity contribution in [1.29, 1.82) is 0 Å². The summed E-state index contributed by atoms with van der Waals surface area (Å²) in [6, 6.07) is 0. The molecule has 82 valence electrons. The standard InChI is InChI=1S/C9H10N6S/c1-3-5-6-7(13-12-5)11-9(16-2)15-4-10-14-8(6)15/h4H,3H2,1-2H3,(H,12,13). The number of nitrogens with one attached hydrogen (secondary N) is 1. The first-order valence-electron chi connectivity index (χ1n) is 4.95. The van der Waals surface area contributed by atoms with Crippen LogP contribution in [0.4, 0.5) is 0 Å². The molecule has 0 aromatic carbocycles. The second-order valence-corrected chi connectivity index (χ2v) is 4.15. The Balaban J connectivity index is 2.52. The van der Waals surface area contributed by atoms with E-state index in [1.54, 1.807) is 18.1 Å². The van der Waals surface area contributed by atoms with E-state index in [0.717, 1.165) is 28.3 Å². The molecule has 0 saturated carbocycles. The van der Waals surface area contributed by atoms with Gasteiger partial charge in [-0.25, -0.2) is 4.98 Å². The normalized spacial score (nSPS) is 11.6. The highest BCUT2D eigenvalue weighted by Gasteiger charge is 2.14. The summed E-state index contributed by atoms with van der Waals surface area (Å²) in [4.78, 5) is 4.47. The molecular weight excluding hydrogens is 224 g/mol. The molecule has 0 aliphatic rings. The number of hydrogen-bond donors (Lipinski definition) is 1. The van der Waals surface area contributed by atoms with Gasteiger partial charge in [-0.2, -0.15) is 5.10 Å². The molecule has 3 heterocycles. The van der Waals surface area contributed by atoms with Gasteiger partial charge < -0.3 is 0 Å². The summed E-state index contributed by atoms with van der Waals surface area (Å²) < 4.78 is 1.89. The van der Waals surface area contributed by atoms with Gasteiger partial charge in [0.25, 0.3) is 0 Å². The number of aromatic amines is 1. The summed E-state index contributed by atoms with van der Waals surface area (Å²) in [5, 5.41) is 17.1. The van der Waals surface area contributed by atoms with Crippen LogP contribution in [0.5, 0.6) is 0 Å². The van der Waals surface area contributed by atoms with Crippen LogP contribution in [0.15, 0.2) is 11.5 Å². The monoisotopic (exact) mass is 234 g/mol. The van der Waals surface area contributed by atoms with Crippen molar-refractivity contribution in [3.05, 3.63) is 12.0 Å². The van der Waals surface area contributed by atoms with E-state index < -0.39 is 0 Å². The highest BCUT2D eigenvalue weighted by Crippen LogP contribution is 2.23. The first-order valence-corrected chi connectivity index (χ1v) is 6.18. The molecule has 0 bridgehead atoms. The molecule has 6 nitrogen and oxygen atoms in total. The third-order valence-corrected chi connectivity index (χ3v) is 3.19. The van der Waals surface area contributed by atoms with E-state index in [-0.39, 0.29) is 0 Å². The smallest absolute Gasteiger partial charge is 0.187 e. The molecule has 7 heteroatoms. The fraction of sp³-hybridized carbons (Fsp3) is 0.333. The highest BCUT2D eigenvalue weighted by molar-refractivity contribution is 7.98. The van der Waals surface area contributed by atoms with Crippen molar-refractivity contribution in [3.63, 3.8) is 0 Å². The summed E-state index contributed by atoms with van der Waals surface area (Å²) in [5.41, 5.74) is 2.58. The van der Waals surface area contributed by atoms with E-state index in [1.807, 2.05) is 10.7 Å². The Bertz CT molecular complexity index is 654. The predicted molar refractivity (Wildman–Crippen MR) is 61.6 cm³/mol. The number of hydrogen-bond acceptors (Lipinski definition) is 5. The Kier molecular flexibility index (Phi) is 2.06. The zero-order chi connectivity index (χ0) is 11.1. The van der Waals surface area contributed by atoms with Crippen LogP contribution in [0.2, 0.25) is 0 Å². The molecule has 0 amide bonds. The SMILES string of the molecule is CCc1[nH]nc2nc(SC)n3cnnc3c12. The fourth-order valence-corrected chi connectivity index (χ4v) is 2.28. The summed E-state index contributed by atoms with van der Waals surface area (Å²) in [6.45, 7) is 2.07. The fourth-order valence-electron chi connectivity index (χ4n) is 1.77. The highest BCUT2D eigenvalue weighted by atomic mass is 32.2. The maximum Gasteiger partial charge on any atom is 0.187 e. The van der Waals surface area contributed by atoms with Crippen LogP contribution in [-0.2, 0) is 6.42 Å². The van der Waals surface area contributed by atoms with Crippen molar-refractivity contribution in [3.8, 4) is 0 Å². The van der Waals surface area contributed by atoms with E-state index in [0.29, 0.717) is 5.65 Å². The lowest BCUT2D eigenvalue weighted by Gasteiger charge is -2.00. The minimum atomic E-state index is 0.710. The Labute approximate surface area is 95.5 Å². The predicted octanol–water partition coefficient (Wildman–Crippen LogP) is 1.28. The van der Waals surface area contributed by atoms with Crippen LogP contribution in [-0.4, -0.2) is 36.0 Å². The average Bonchev–Trinajstić information content (AvgIpc) is 2.93. The Morgan fingerprint density at radius 3 is 3.12 bits per heavy atom. The summed E-state index contributed by atoms with van der Waals surface area (Å²) >= 11 is 1.55. The minimum absolute atomic E-state index is 0.710. The molecule has 0 fully saturated rings. The van der Waals surface area contributed by atoms with E-state index in [4.69, 9.17) is 0 Å². The zero-order valence-corrected chi connectivity index (χ0v) is 9.75. The first-order chi connectivity index (χ1) is 7.85. The zero-order valence-electron chi connectivity index (χ0n) is 8.93.